The second-order valence-electron chi connectivity index (χ2n) is 5.91. The molecule has 0 aliphatic heterocycles. The van der Waals surface area contributed by atoms with E-state index >= 15 is 0 Å². The number of guanidine groups is 1. The average Bonchev–Trinajstić information content (AvgIpc) is 3.12. The number of amides is 1. The summed E-state index contributed by atoms with van der Waals surface area (Å²) >= 11 is 0. The topological polar surface area (TPSA) is 95.7 Å². The fraction of sp³-hybridized carbons (Fsp3) is 0.263. The molecular weight excluding hydrogens is 469 g/mol. The van der Waals surface area contributed by atoms with Crippen LogP contribution in [0.2, 0.25) is 0 Å². The van der Waals surface area contributed by atoms with Crippen molar-refractivity contribution in [1.29, 1.82) is 0 Å². The van der Waals surface area contributed by atoms with Gasteiger partial charge in [0, 0.05) is 19.8 Å². The van der Waals surface area contributed by atoms with Gasteiger partial charge in [0.05, 0.1) is 13.1 Å². The van der Waals surface area contributed by atoms with Crippen molar-refractivity contribution in [3.05, 3.63) is 66.1 Å². The van der Waals surface area contributed by atoms with Crippen LogP contribution in [0.1, 0.15) is 11.4 Å². The lowest BCUT2D eigenvalue weighted by Gasteiger charge is -2.11. The molecule has 0 aliphatic rings. The monoisotopic (exact) mass is 493 g/mol. The van der Waals surface area contributed by atoms with Gasteiger partial charge in [0.15, 0.2) is 17.4 Å². The van der Waals surface area contributed by atoms with E-state index in [1.54, 1.807) is 7.05 Å². The first-order chi connectivity index (χ1) is 13.3. The zero-order valence-corrected chi connectivity index (χ0v) is 18.0. The van der Waals surface area contributed by atoms with Crippen LogP contribution < -0.4 is 16.0 Å². The highest BCUT2D eigenvalue weighted by atomic mass is 127. The molecule has 3 aromatic rings. The Hall–Kier alpha value is -2.69. The van der Waals surface area contributed by atoms with E-state index in [2.05, 4.69) is 31.1 Å². The Morgan fingerprint density at radius 3 is 2.61 bits per heavy atom. The number of benzene rings is 1. The van der Waals surface area contributed by atoms with Crippen LogP contribution in [0.25, 0.3) is 5.65 Å². The van der Waals surface area contributed by atoms with Gasteiger partial charge in [-0.1, -0.05) is 36.4 Å². The maximum Gasteiger partial charge on any atom is 0.239 e. The lowest BCUT2D eigenvalue weighted by atomic mass is 10.1. The number of aliphatic imine (C=N–C) groups is 1. The Labute approximate surface area is 180 Å². The van der Waals surface area contributed by atoms with Crippen LogP contribution in [0.3, 0.4) is 0 Å². The number of rotatable bonds is 7. The third-order valence-corrected chi connectivity index (χ3v) is 4.02. The Balaban J connectivity index is 0.00000280. The molecule has 2 heterocycles. The number of nitrogens with one attached hydrogen (secondary N) is 3. The summed E-state index contributed by atoms with van der Waals surface area (Å²) in [6, 6.07) is 15.8. The molecule has 2 aromatic heterocycles. The molecule has 0 radical (unpaired) electrons. The first-order valence-electron chi connectivity index (χ1n) is 8.80. The summed E-state index contributed by atoms with van der Waals surface area (Å²) in [4.78, 5) is 16.1. The SMILES string of the molecule is CN=C(NCC(=O)NCCc1ccccc1)NCc1nnc2ccccn12.I. The van der Waals surface area contributed by atoms with Crippen molar-refractivity contribution < 1.29 is 4.79 Å². The molecule has 28 heavy (non-hydrogen) atoms. The predicted octanol–water partition coefficient (Wildman–Crippen LogP) is 1.37. The first kappa shape index (κ1) is 21.6. The molecule has 9 heteroatoms. The van der Waals surface area contributed by atoms with E-state index in [9.17, 15) is 4.79 Å². The standard InChI is InChI=1S/C19H23N7O.HI/c1-20-19(22-13-17-25-24-16-9-5-6-12-26(16)17)23-14-18(27)21-11-10-15-7-3-2-4-8-15;/h2-9,12H,10-11,13-14H2,1H3,(H,21,27)(H2,20,22,23);1H. The smallest absolute Gasteiger partial charge is 0.239 e. The van der Waals surface area contributed by atoms with E-state index in [-0.39, 0.29) is 36.4 Å². The van der Waals surface area contributed by atoms with Crippen molar-refractivity contribution in [1.82, 2.24) is 30.5 Å². The number of halogens is 1. The summed E-state index contributed by atoms with van der Waals surface area (Å²) in [7, 11) is 1.66. The van der Waals surface area contributed by atoms with Crippen molar-refractivity contribution in [2.24, 2.45) is 4.99 Å². The van der Waals surface area contributed by atoms with E-state index in [4.69, 9.17) is 0 Å². The average molecular weight is 493 g/mol. The number of fused-ring (bicyclic) bond motifs is 1. The Bertz CT molecular complexity index is 911. The molecule has 148 valence electrons. The van der Waals surface area contributed by atoms with Crippen LogP contribution in [0.15, 0.2) is 59.7 Å². The van der Waals surface area contributed by atoms with Gasteiger partial charge in [-0.15, -0.1) is 34.2 Å². The van der Waals surface area contributed by atoms with Gasteiger partial charge in [0.2, 0.25) is 5.91 Å². The number of carbonyl (C=O) groups excluding carboxylic acids is 1. The number of pyridine rings is 1. The molecule has 0 atom stereocenters. The van der Waals surface area contributed by atoms with Crippen LogP contribution in [-0.4, -0.2) is 46.6 Å². The summed E-state index contributed by atoms with van der Waals surface area (Å²) in [5, 5.41) is 17.3. The lowest BCUT2D eigenvalue weighted by molar-refractivity contribution is -0.119. The van der Waals surface area contributed by atoms with E-state index < -0.39 is 0 Å². The number of hydrogen-bond donors (Lipinski definition) is 3. The fourth-order valence-corrected chi connectivity index (χ4v) is 2.61. The molecule has 8 nitrogen and oxygen atoms in total. The normalized spacial score (nSPS) is 11.0. The highest BCUT2D eigenvalue weighted by Gasteiger charge is 2.07. The lowest BCUT2D eigenvalue weighted by Crippen LogP contribution is -2.43. The molecule has 3 N–H and O–H groups in total. The van der Waals surface area contributed by atoms with Gasteiger partial charge in [-0.25, -0.2) is 0 Å². The maximum atomic E-state index is 12.0. The highest BCUT2D eigenvalue weighted by Crippen LogP contribution is 2.02. The Morgan fingerprint density at radius 2 is 1.82 bits per heavy atom. The maximum absolute atomic E-state index is 12.0. The number of nitrogens with zero attached hydrogens (tertiary/aromatic N) is 4. The van der Waals surface area contributed by atoms with Crippen molar-refractivity contribution in [2.75, 3.05) is 20.1 Å². The molecule has 0 saturated heterocycles. The van der Waals surface area contributed by atoms with E-state index in [0.29, 0.717) is 19.0 Å². The highest BCUT2D eigenvalue weighted by molar-refractivity contribution is 14.0. The second-order valence-corrected chi connectivity index (χ2v) is 5.91. The van der Waals surface area contributed by atoms with Crippen molar-refractivity contribution in [3.8, 4) is 0 Å². The summed E-state index contributed by atoms with van der Waals surface area (Å²) in [5.74, 6) is 1.21. The molecule has 0 aliphatic carbocycles. The minimum atomic E-state index is -0.0817. The van der Waals surface area contributed by atoms with Gasteiger partial charge in [-0.05, 0) is 24.1 Å². The molecule has 0 saturated carbocycles. The largest absolute Gasteiger partial charge is 0.354 e. The minimum Gasteiger partial charge on any atom is -0.354 e. The molecule has 0 bridgehead atoms. The molecule has 1 aromatic carbocycles. The minimum absolute atomic E-state index is 0. The van der Waals surface area contributed by atoms with E-state index in [1.165, 1.54) is 5.56 Å². The van der Waals surface area contributed by atoms with Crippen LogP contribution in [0.5, 0.6) is 0 Å². The number of carbonyl (C=O) groups is 1. The van der Waals surface area contributed by atoms with Gasteiger partial charge < -0.3 is 16.0 Å². The third-order valence-electron chi connectivity index (χ3n) is 4.02. The molecule has 1 amide bonds. The van der Waals surface area contributed by atoms with Crippen LogP contribution in [0, 0.1) is 0 Å². The second kappa shape index (κ2) is 11.2. The summed E-state index contributed by atoms with van der Waals surface area (Å²) in [5.41, 5.74) is 1.99. The van der Waals surface area contributed by atoms with Gasteiger partial charge in [-0.3, -0.25) is 14.2 Å². The molecule has 0 spiro atoms. The van der Waals surface area contributed by atoms with Crippen molar-refractivity contribution in [3.63, 3.8) is 0 Å². The quantitative estimate of drug-likeness (QED) is 0.263. The van der Waals surface area contributed by atoms with Gasteiger partial charge in [0.1, 0.15) is 0 Å². The first-order valence-corrected chi connectivity index (χ1v) is 8.80. The molecular formula is C19H24IN7O. The predicted molar refractivity (Wildman–Crippen MR) is 120 cm³/mol. The van der Waals surface area contributed by atoms with Gasteiger partial charge in [0.25, 0.3) is 0 Å². The van der Waals surface area contributed by atoms with Crippen LogP contribution >= 0.6 is 24.0 Å². The Morgan fingerprint density at radius 1 is 1.04 bits per heavy atom. The van der Waals surface area contributed by atoms with Crippen LogP contribution in [-0.2, 0) is 17.8 Å². The zero-order valence-electron chi connectivity index (χ0n) is 15.6. The van der Waals surface area contributed by atoms with Gasteiger partial charge in [-0.2, -0.15) is 0 Å². The number of hydrogen-bond acceptors (Lipinski definition) is 4. The summed E-state index contributed by atoms with van der Waals surface area (Å²) in [6.07, 6.45) is 2.71. The van der Waals surface area contributed by atoms with E-state index in [0.717, 1.165) is 17.9 Å². The van der Waals surface area contributed by atoms with Crippen molar-refractivity contribution >= 4 is 41.5 Å². The van der Waals surface area contributed by atoms with Crippen molar-refractivity contribution in [2.45, 2.75) is 13.0 Å². The number of aromatic nitrogens is 3. The van der Waals surface area contributed by atoms with E-state index in [1.807, 2.05) is 59.1 Å². The third kappa shape index (κ3) is 6.19. The summed E-state index contributed by atoms with van der Waals surface area (Å²) < 4.78 is 1.90. The van der Waals surface area contributed by atoms with Crippen LogP contribution in [0.4, 0.5) is 0 Å². The summed E-state index contributed by atoms with van der Waals surface area (Å²) in [6.45, 7) is 1.19. The molecule has 3 rings (SSSR count). The fourth-order valence-electron chi connectivity index (χ4n) is 2.61. The molecule has 0 fully saturated rings. The van der Waals surface area contributed by atoms with Gasteiger partial charge >= 0.3 is 0 Å². The molecule has 0 unspecified atom stereocenters. The zero-order chi connectivity index (χ0) is 18.9. The Kier molecular flexibility index (Phi) is 8.66.